The fourth-order valence-electron chi connectivity index (χ4n) is 2.78. The van der Waals surface area contributed by atoms with Crippen molar-refractivity contribution in [2.24, 2.45) is 5.92 Å². The number of rotatable bonds is 7. The molecule has 0 radical (unpaired) electrons. The van der Waals surface area contributed by atoms with E-state index in [2.05, 4.69) is 32.3 Å². The molecule has 1 aliphatic heterocycles. The monoisotopic (exact) mass is 265 g/mol. The molecule has 1 fully saturated rings. The van der Waals surface area contributed by atoms with Crippen molar-refractivity contribution >= 4 is 5.95 Å². The van der Waals surface area contributed by atoms with E-state index in [0.717, 1.165) is 43.7 Å². The van der Waals surface area contributed by atoms with E-state index in [-0.39, 0.29) is 0 Å². The van der Waals surface area contributed by atoms with E-state index in [1.165, 1.54) is 32.1 Å². The lowest BCUT2D eigenvalue weighted by Gasteiger charge is -2.31. The maximum absolute atomic E-state index is 4.64. The molecule has 2 heterocycles. The van der Waals surface area contributed by atoms with E-state index < -0.39 is 0 Å². The number of unbranched alkanes of at least 4 members (excludes halogenated alkanes) is 2. The molecule has 1 aliphatic rings. The van der Waals surface area contributed by atoms with Crippen molar-refractivity contribution in [3.63, 3.8) is 0 Å². The van der Waals surface area contributed by atoms with E-state index in [1.807, 2.05) is 7.05 Å². The maximum atomic E-state index is 4.64. The summed E-state index contributed by atoms with van der Waals surface area (Å²) < 4.78 is 0. The molecule has 1 saturated heterocycles. The average Bonchev–Trinajstić information content (AvgIpc) is 2.89. The van der Waals surface area contributed by atoms with E-state index >= 15 is 0 Å². The molecule has 5 nitrogen and oxygen atoms in total. The fourth-order valence-corrected chi connectivity index (χ4v) is 2.78. The van der Waals surface area contributed by atoms with Crippen molar-refractivity contribution in [1.29, 1.82) is 0 Å². The highest BCUT2D eigenvalue weighted by molar-refractivity contribution is 5.29. The first-order chi connectivity index (χ1) is 9.33. The summed E-state index contributed by atoms with van der Waals surface area (Å²) in [4.78, 5) is 6.96. The minimum atomic E-state index is 0.723. The number of aromatic nitrogens is 3. The zero-order valence-electron chi connectivity index (χ0n) is 12.3. The normalized spacial score (nSPS) is 19.9. The van der Waals surface area contributed by atoms with Crippen molar-refractivity contribution in [3.8, 4) is 0 Å². The van der Waals surface area contributed by atoms with Gasteiger partial charge in [-0.15, -0.1) is 5.10 Å². The first-order valence-corrected chi connectivity index (χ1v) is 7.64. The smallest absolute Gasteiger partial charge is 0.244 e. The highest BCUT2D eigenvalue weighted by Gasteiger charge is 2.22. The summed E-state index contributed by atoms with van der Waals surface area (Å²) in [5, 5.41) is 10.7. The second kappa shape index (κ2) is 7.48. The molecule has 108 valence electrons. The van der Waals surface area contributed by atoms with Gasteiger partial charge in [-0.05, 0) is 38.8 Å². The van der Waals surface area contributed by atoms with Gasteiger partial charge in [0.1, 0.15) is 5.82 Å². The van der Waals surface area contributed by atoms with Crippen LogP contribution in [0.1, 0.15) is 44.9 Å². The third kappa shape index (κ3) is 4.20. The van der Waals surface area contributed by atoms with Gasteiger partial charge in [0.25, 0.3) is 0 Å². The van der Waals surface area contributed by atoms with Crippen LogP contribution in [0.5, 0.6) is 0 Å². The number of piperidine rings is 1. The second-order valence-electron chi connectivity index (χ2n) is 5.55. The molecular formula is C14H27N5. The Hall–Kier alpha value is -1.10. The number of anilines is 1. The van der Waals surface area contributed by atoms with Crippen molar-refractivity contribution < 1.29 is 0 Å². The van der Waals surface area contributed by atoms with Crippen LogP contribution >= 0.6 is 0 Å². The highest BCUT2D eigenvalue weighted by atomic mass is 15.4. The van der Waals surface area contributed by atoms with Crippen LogP contribution in [0.25, 0.3) is 0 Å². The van der Waals surface area contributed by atoms with Gasteiger partial charge in [0.05, 0.1) is 0 Å². The summed E-state index contributed by atoms with van der Waals surface area (Å²) >= 11 is 0. The third-order valence-corrected chi connectivity index (χ3v) is 3.83. The van der Waals surface area contributed by atoms with E-state index in [0.29, 0.717) is 0 Å². The number of aryl methyl sites for hydroxylation is 1. The van der Waals surface area contributed by atoms with Crippen molar-refractivity contribution in [2.75, 3.05) is 31.6 Å². The number of H-pyrrole nitrogens is 1. The van der Waals surface area contributed by atoms with Crippen LogP contribution in [-0.2, 0) is 6.42 Å². The number of aromatic amines is 1. The van der Waals surface area contributed by atoms with Crippen molar-refractivity contribution in [1.82, 2.24) is 20.5 Å². The zero-order valence-corrected chi connectivity index (χ0v) is 12.3. The standard InChI is InChI=1S/C14H27N5/c1-3-4-5-8-13-16-14(18-17-13)19-9-6-7-12(11-19)10-15-2/h12,15H,3-11H2,1-2H3,(H,16,17,18). The first-order valence-electron chi connectivity index (χ1n) is 7.64. The molecule has 0 aromatic carbocycles. The minimum Gasteiger partial charge on any atom is -0.339 e. The molecule has 2 rings (SSSR count). The predicted molar refractivity (Wildman–Crippen MR) is 78.5 cm³/mol. The molecule has 0 bridgehead atoms. The highest BCUT2D eigenvalue weighted by Crippen LogP contribution is 2.20. The molecule has 0 amide bonds. The van der Waals surface area contributed by atoms with Crippen LogP contribution in [-0.4, -0.2) is 41.9 Å². The summed E-state index contributed by atoms with van der Waals surface area (Å²) in [6.45, 7) is 5.48. The molecule has 2 N–H and O–H groups in total. The molecule has 1 aromatic heterocycles. The summed E-state index contributed by atoms with van der Waals surface area (Å²) in [6, 6.07) is 0. The quantitative estimate of drug-likeness (QED) is 0.740. The fraction of sp³-hybridized carbons (Fsp3) is 0.857. The third-order valence-electron chi connectivity index (χ3n) is 3.83. The molecule has 1 atom stereocenters. The number of nitrogens with one attached hydrogen (secondary N) is 2. The van der Waals surface area contributed by atoms with E-state index in [9.17, 15) is 0 Å². The SMILES string of the molecule is CCCCCc1nc(N2CCCC(CNC)C2)n[nH]1. The van der Waals surface area contributed by atoms with Gasteiger partial charge in [0, 0.05) is 19.5 Å². The van der Waals surface area contributed by atoms with Crippen molar-refractivity contribution in [3.05, 3.63) is 5.82 Å². The van der Waals surface area contributed by atoms with Crippen LogP contribution in [0.4, 0.5) is 5.95 Å². The van der Waals surface area contributed by atoms with E-state index in [1.54, 1.807) is 0 Å². The van der Waals surface area contributed by atoms with Gasteiger partial charge in [-0.25, -0.2) is 0 Å². The van der Waals surface area contributed by atoms with Gasteiger partial charge in [-0.3, -0.25) is 5.10 Å². The van der Waals surface area contributed by atoms with Gasteiger partial charge < -0.3 is 10.2 Å². The summed E-state index contributed by atoms with van der Waals surface area (Å²) in [5.41, 5.74) is 0. The second-order valence-corrected chi connectivity index (χ2v) is 5.55. The topological polar surface area (TPSA) is 56.8 Å². The Morgan fingerprint density at radius 1 is 1.42 bits per heavy atom. The Kier molecular flexibility index (Phi) is 5.63. The molecule has 19 heavy (non-hydrogen) atoms. The van der Waals surface area contributed by atoms with Gasteiger partial charge >= 0.3 is 0 Å². The molecule has 1 unspecified atom stereocenters. The molecule has 0 aliphatic carbocycles. The van der Waals surface area contributed by atoms with Crippen LogP contribution in [0.3, 0.4) is 0 Å². The number of hydrogen-bond acceptors (Lipinski definition) is 4. The molecule has 1 aromatic rings. The molecule has 0 spiro atoms. The van der Waals surface area contributed by atoms with Gasteiger partial charge in [-0.1, -0.05) is 19.8 Å². The largest absolute Gasteiger partial charge is 0.339 e. The Morgan fingerprint density at radius 2 is 2.32 bits per heavy atom. The molecular weight excluding hydrogens is 238 g/mol. The Bertz CT molecular complexity index is 360. The van der Waals surface area contributed by atoms with E-state index in [4.69, 9.17) is 0 Å². The predicted octanol–water partition coefficient (Wildman–Crippen LogP) is 1.97. The first kappa shape index (κ1) is 14.3. The summed E-state index contributed by atoms with van der Waals surface area (Å²) in [6.07, 6.45) is 7.29. The lowest BCUT2D eigenvalue weighted by Crippen LogP contribution is -2.39. The lowest BCUT2D eigenvalue weighted by molar-refractivity contribution is 0.399. The Morgan fingerprint density at radius 3 is 3.11 bits per heavy atom. The molecule has 5 heteroatoms. The van der Waals surface area contributed by atoms with Crippen molar-refractivity contribution in [2.45, 2.75) is 45.4 Å². The van der Waals surface area contributed by atoms with Gasteiger partial charge in [0.2, 0.25) is 5.95 Å². The van der Waals surface area contributed by atoms with Crippen LogP contribution in [0.2, 0.25) is 0 Å². The van der Waals surface area contributed by atoms with Gasteiger partial charge in [0.15, 0.2) is 0 Å². The molecule has 0 saturated carbocycles. The Balaban J connectivity index is 1.86. The zero-order chi connectivity index (χ0) is 13.5. The summed E-state index contributed by atoms with van der Waals surface area (Å²) in [7, 11) is 2.03. The van der Waals surface area contributed by atoms with Gasteiger partial charge in [-0.2, -0.15) is 4.98 Å². The lowest BCUT2D eigenvalue weighted by atomic mass is 9.98. The minimum absolute atomic E-state index is 0.723. The number of hydrogen-bond donors (Lipinski definition) is 2. The number of nitrogens with zero attached hydrogens (tertiary/aromatic N) is 3. The van der Waals surface area contributed by atoms with Crippen LogP contribution in [0, 0.1) is 5.92 Å². The Labute approximate surface area is 116 Å². The van der Waals surface area contributed by atoms with Crippen LogP contribution in [0.15, 0.2) is 0 Å². The summed E-state index contributed by atoms with van der Waals surface area (Å²) in [5.74, 6) is 2.66. The average molecular weight is 265 g/mol. The maximum Gasteiger partial charge on any atom is 0.244 e. The van der Waals surface area contributed by atoms with Crippen LogP contribution < -0.4 is 10.2 Å².